The first-order valence-corrected chi connectivity index (χ1v) is 8.67. The average molecular weight is 331 g/mol. The van der Waals surface area contributed by atoms with Gasteiger partial charge in [0.1, 0.15) is 0 Å². The molecule has 0 spiro atoms. The quantitative estimate of drug-likeness (QED) is 0.900. The molecule has 1 amide bonds. The molecule has 7 heteroatoms. The van der Waals surface area contributed by atoms with Crippen LogP contribution in [-0.2, 0) is 4.79 Å². The number of hydrogen-bond acceptors (Lipinski definition) is 6. The van der Waals surface area contributed by atoms with Gasteiger partial charge in [-0.1, -0.05) is 6.07 Å². The second-order valence-electron chi connectivity index (χ2n) is 5.62. The molecule has 122 valence electrons. The first-order chi connectivity index (χ1) is 11.2. The summed E-state index contributed by atoms with van der Waals surface area (Å²) in [6, 6.07) is 5.95. The molecule has 1 N–H and O–H groups in total. The van der Waals surface area contributed by atoms with Crippen molar-refractivity contribution in [3.05, 3.63) is 40.8 Å². The van der Waals surface area contributed by atoms with E-state index in [1.165, 1.54) is 4.88 Å². The van der Waals surface area contributed by atoms with Crippen LogP contribution in [0.3, 0.4) is 0 Å². The summed E-state index contributed by atoms with van der Waals surface area (Å²) in [5.41, 5.74) is 0. The minimum Gasteiger partial charge on any atom is -0.348 e. The SMILES string of the molecule is CC(NC(=O)CN1CCN(c2ncccn2)CC1)c1cccs1. The van der Waals surface area contributed by atoms with E-state index in [1.54, 1.807) is 23.7 Å². The number of rotatable bonds is 5. The number of hydrogen-bond donors (Lipinski definition) is 1. The van der Waals surface area contributed by atoms with E-state index in [0.29, 0.717) is 6.54 Å². The molecule has 1 saturated heterocycles. The molecule has 1 atom stereocenters. The number of piperazine rings is 1. The third-order valence-corrected chi connectivity index (χ3v) is 4.98. The molecule has 0 aromatic carbocycles. The standard InChI is InChI=1S/C16H21N5OS/c1-13(14-4-2-11-23-14)19-15(22)12-20-7-9-21(10-8-20)16-17-5-3-6-18-16/h2-6,11,13H,7-10,12H2,1H3,(H,19,22). The number of aromatic nitrogens is 2. The fourth-order valence-corrected chi connectivity index (χ4v) is 3.39. The Morgan fingerprint density at radius 2 is 2.00 bits per heavy atom. The van der Waals surface area contributed by atoms with E-state index in [1.807, 2.05) is 30.5 Å². The van der Waals surface area contributed by atoms with Crippen molar-refractivity contribution in [3.63, 3.8) is 0 Å². The minimum absolute atomic E-state index is 0.0708. The molecule has 3 heterocycles. The summed E-state index contributed by atoms with van der Waals surface area (Å²) >= 11 is 1.67. The number of carbonyl (C=O) groups excluding carboxylic acids is 1. The third-order valence-electron chi connectivity index (χ3n) is 3.92. The average Bonchev–Trinajstić information content (AvgIpc) is 3.11. The molecule has 1 aliphatic rings. The zero-order valence-electron chi connectivity index (χ0n) is 13.2. The van der Waals surface area contributed by atoms with Crippen molar-refractivity contribution < 1.29 is 4.79 Å². The lowest BCUT2D eigenvalue weighted by molar-refractivity contribution is -0.122. The van der Waals surface area contributed by atoms with Gasteiger partial charge in [0.05, 0.1) is 12.6 Å². The second kappa shape index (κ2) is 7.52. The maximum Gasteiger partial charge on any atom is 0.234 e. The highest BCUT2D eigenvalue weighted by Gasteiger charge is 2.21. The highest BCUT2D eigenvalue weighted by molar-refractivity contribution is 7.10. The number of nitrogens with one attached hydrogen (secondary N) is 1. The molecule has 2 aromatic rings. The molecule has 0 bridgehead atoms. The number of anilines is 1. The van der Waals surface area contributed by atoms with Gasteiger partial charge in [-0.2, -0.15) is 0 Å². The van der Waals surface area contributed by atoms with Crippen LogP contribution in [0, 0.1) is 0 Å². The minimum atomic E-state index is 0.0708. The molecular formula is C16H21N5OS. The van der Waals surface area contributed by atoms with Crippen LogP contribution < -0.4 is 10.2 Å². The number of carbonyl (C=O) groups is 1. The predicted molar refractivity (Wildman–Crippen MR) is 91.6 cm³/mol. The normalized spacial score (nSPS) is 17.0. The van der Waals surface area contributed by atoms with Crippen LogP contribution in [0.5, 0.6) is 0 Å². The largest absolute Gasteiger partial charge is 0.348 e. The molecule has 2 aromatic heterocycles. The predicted octanol–water partition coefficient (Wildman–Crippen LogP) is 1.54. The highest BCUT2D eigenvalue weighted by atomic mass is 32.1. The molecular weight excluding hydrogens is 310 g/mol. The van der Waals surface area contributed by atoms with E-state index in [2.05, 4.69) is 25.1 Å². The van der Waals surface area contributed by atoms with Gasteiger partial charge in [0.25, 0.3) is 0 Å². The van der Waals surface area contributed by atoms with Crippen molar-refractivity contribution in [2.75, 3.05) is 37.6 Å². The van der Waals surface area contributed by atoms with Gasteiger partial charge in [0, 0.05) is 43.4 Å². The fourth-order valence-electron chi connectivity index (χ4n) is 2.66. The first kappa shape index (κ1) is 15.9. The van der Waals surface area contributed by atoms with Gasteiger partial charge < -0.3 is 10.2 Å². The first-order valence-electron chi connectivity index (χ1n) is 7.79. The third kappa shape index (κ3) is 4.27. The molecule has 1 unspecified atom stereocenters. The Kier molecular flexibility index (Phi) is 5.19. The van der Waals surface area contributed by atoms with Crippen molar-refractivity contribution >= 4 is 23.2 Å². The fraction of sp³-hybridized carbons (Fsp3) is 0.438. The van der Waals surface area contributed by atoms with Crippen LogP contribution in [0.25, 0.3) is 0 Å². The Labute approximate surface area is 140 Å². The van der Waals surface area contributed by atoms with Crippen LogP contribution in [-0.4, -0.2) is 53.5 Å². The summed E-state index contributed by atoms with van der Waals surface area (Å²) in [6.45, 7) is 5.85. The molecule has 23 heavy (non-hydrogen) atoms. The lowest BCUT2D eigenvalue weighted by Gasteiger charge is -2.34. The number of amides is 1. The molecule has 0 aliphatic carbocycles. The van der Waals surface area contributed by atoms with Gasteiger partial charge >= 0.3 is 0 Å². The lowest BCUT2D eigenvalue weighted by Crippen LogP contribution is -2.50. The monoisotopic (exact) mass is 331 g/mol. The maximum absolute atomic E-state index is 12.2. The molecule has 0 saturated carbocycles. The van der Waals surface area contributed by atoms with Crippen molar-refractivity contribution in [3.8, 4) is 0 Å². The van der Waals surface area contributed by atoms with Crippen molar-refractivity contribution in [2.24, 2.45) is 0 Å². The van der Waals surface area contributed by atoms with Crippen LogP contribution >= 0.6 is 11.3 Å². The van der Waals surface area contributed by atoms with Crippen molar-refractivity contribution in [1.29, 1.82) is 0 Å². The van der Waals surface area contributed by atoms with Gasteiger partial charge in [-0.05, 0) is 24.4 Å². The number of thiophene rings is 1. The Morgan fingerprint density at radius 1 is 1.26 bits per heavy atom. The topological polar surface area (TPSA) is 61.4 Å². The smallest absolute Gasteiger partial charge is 0.234 e. The zero-order chi connectivity index (χ0) is 16.1. The maximum atomic E-state index is 12.2. The van der Waals surface area contributed by atoms with Gasteiger partial charge in [-0.3, -0.25) is 9.69 Å². The van der Waals surface area contributed by atoms with Crippen molar-refractivity contribution in [1.82, 2.24) is 20.2 Å². The van der Waals surface area contributed by atoms with Gasteiger partial charge in [-0.15, -0.1) is 11.3 Å². The highest BCUT2D eigenvalue weighted by Crippen LogP contribution is 2.18. The van der Waals surface area contributed by atoms with Crippen LogP contribution in [0.4, 0.5) is 5.95 Å². The summed E-state index contributed by atoms with van der Waals surface area (Å²) in [5, 5.41) is 5.09. The Morgan fingerprint density at radius 3 is 2.65 bits per heavy atom. The molecule has 1 aliphatic heterocycles. The lowest BCUT2D eigenvalue weighted by atomic mass is 10.2. The van der Waals surface area contributed by atoms with Crippen LogP contribution in [0.2, 0.25) is 0 Å². The molecule has 6 nitrogen and oxygen atoms in total. The van der Waals surface area contributed by atoms with E-state index in [-0.39, 0.29) is 11.9 Å². The molecule has 1 fully saturated rings. The summed E-state index contributed by atoms with van der Waals surface area (Å²) in [6.07, 6.45) is 3.52. The summed E-state index contributed by atoms with van der Waals surface area (Å²) in [4.78, 5) is 26.2. The van der Waals surface area contributed by atoms with E-state index in [9.17, 15) is 4.79 Å². The summed E-state index contributed by atoms with van der Waals surface area (Å²) in [7, 11) is 0. The van der Waals surface area contributed by atoms with Gasteiger partial charge in [-0.25, -0.2) is 9.97 Å². The Balaban J connectivity index is 1.44. The van der Waals surface area contributed by atoms with Crippen LogP contribution in [0.15, 0.2) is 36.0 Å². The van der Waals surface area contributed by atoms with Gasteiger partial charge in [0.2, 0.25) is 11.9 Å². The van der Waals surface area contributed by atoms with Crippen LogP contribution in [0.1, 0.15) is 17.8 Å². The van der Waals surface area contributed by atoms with Gasteiger partial charge in [0.15, 0.2) is 0 Å². The second-order valence-corrected chi connectivity index (χ2v) is 6.60. The molecule has 0 radical (unpaired) electrons. The summed E-state index contributed by atoms with van der Waals surface area (Å²) in [5.74, 6) is 0.846. The van der Waals surface area contributed by atoms with E-state index in [4.69, 9.17) is 0 Å². The summed E-state index contributed by atoms with van der Waals surface area (Å²) < 4.78 is 0. The number of nitrogens with zero attached hydrogens (tertiary/aromatic N) is 4. The van der Waals surface area contributed by atoms with E-state index >= 15 is 0 Å². The Hall–Kier alpha value is -1.99. The molecule has 3 rings (SSSR count). The van der Waals surface area contributed by atoms with Crippen molar-refractivity contribution in [2.45, 2.75) is 13.0 Å². The van der Waals surface area contributed by atoms with E-state index in [0.717, 1.165) is 32.1 Å². The Bertz CT molecular complexity index is 611. The van der Waals surface area contributed by atoms with E-state index < -0.39 is 0 Å². The zero-order valence-corrected chi connectivity index (χ0v) is 14.0.